The Morgan fingerprint density at radius 2 is 2.00 bits per heavy atom. The summed E-state index contributed by atoms with van der Waals surface area (Å²) < 4.78 is 0. The summed E-state index contributed by atoms with van der Waals surface area (Å²) in [7, 11) is 0. The predicted octanol–water partition coefficient (Wildman–Crippen LogP) is 4.68. The normalized spacial score (nSPS) is 21.0. The topological polar surface area (TPSA) is 20.2 Å². The van der Waals surface area contributed by atoms with E-state index in [2.05, 4.69) is 18.2 Å². The summed E-state index contributed by atoms with van der Waals surface area (Å²) in [6.07, 6.45) is 2.14. The number of hydrogen-bond acceptors (Lipinski definition) is 1. The van der Waals surface area contributed by atoms with Crippen molar-refractivity contribution >= 4 is 23.2 Å². The highest BCUT2D eigenvalue weighted by molar-refractivity contribution is 6.42. The van der Waals surface area contributed by atoms with Crippen molar-refractivity contribution in [3.05, 3.63) is 68.7 Å². The number of halogens is 2. The van der Waals surface area contributed by atoms with Crippen molar-refractivity contribution in [3.8, 4) is 0 Å². The largest absolute Gasteiger partial charge is 0.385 e. The molecule has 2 aromatic rings. The molecule has 3 heteroatoms. The fraction of sp³-hybridized carbons (Fsp3) is 0.294. The molecular formula is C17H16Cl2O. The van der Waals surface area contributed by atoms with E-state index >= 15 is 0 Å². The van der Waals surface area contributed by atoms with Gasteiger partial charge in [-0.05, 0) is 42.5 Å². The van der Waals surface area contributed by atoms with Gasteiger partial charge >= 0.3 is 0 Å². The van der Waals surface area contributed by atoms with Crippen molar-refractivity contribution in [2.75, 3.05) is 0 Å². The summed E-state index contributed by atoms with van der Waals surface area (Å²) in [5.74, 6) is 0. The highest BCUT2D eigenvalue weighted by Gasteiger charge is 2.37. The van der Waals surface area contributed by atoms with Gasteiger partial charge in [-0.2, -0.15) is 0 Å². The van der Waals surface area contributed by atoms with Gasteiger partial charge in [0.1, 0.15) is 0 Å². The van der Waals surface area contributed by atoms with Gasteiger partial charge in [-0.3, -0.25) is 0 Å². The summed E-state index contributed by atoms with van der Waals surface area (Å²) in [5, 5.41) is 12.1. The Kier molecular flexibility index (Phi) is 3.53. The second-order valence-corrected chi connectivity index (χ2v) is 6.37. The van der Waals surface area contributed by atoms with Gasteiger partial charge in [0, 0.05) is 6.42 Å². The Balaban J connectivity index is 2.00. The minimum atomic E-state index is -0.838. The minimum absolute atomic E-state index is 0.503. The third kappa shape index (κ3) is 2.35. The smallest absolute Gasteiger partial charge is 0.0943 e. The molecule has 1 atom stereocenters. The van der Waals surface area contributed by atoms with Crippen molar-refractivity contribution in [1.82, 2.24) is 0 Å². The standard InChI is InChI=1S/C17H16Cl2O/c1-11-5-6-12-7-8-17(20,14(12)9-11)10-13-3-2-4-15(18)16(13)19/h2-6,9,20H,7-8,10H2,1H3. The summed E-state index contributed by atoms with van der Waals surface area (Å²) in [6, 6.07) is 11.9. The predicted molar refractivity (Wildman–Crippen MR) is 83.6 cm³/mol. The van der Waals surface area contributed by atoms with Crippen LogP contribution in [0.3, 0.4) is 0 Å². The van der Waals surface area contributed by atoms with E-state index in [1.165, 1.54) is 11.1 Å². The third-order valence-electron chi connectivity index (χ3n) is 4.09. The van der Waals surface area contributed by atoms with Crippen LogP contribution in [0.1, 0.15) is 28.7 Å². The van der Waals surface area contributed by atoms with Gasteiger partial charge in [-0.15, -0.1) is 0 Å². The second kappa shape index (κ2) is 5.07. The molecular weight excluding hydrogens is 291 g/mol. The van der Waals surface area contributed by atoms with E-state index in [1.54, 1.807) is 6.07 Å². The molecule has 1 aliphatic rings. The fourth-order valence-electron chi connectivity index (χ4n) is 3.00. The summed E-state index contributed by atoms with van der Waals surface area (Å²) >= 11 is 12.3. The van der Waals surface area contributed by atoms with Gasteiger partial charge in [0.05, 0.1) is 15.6 Å². The van der Waals surface area contributed by atoms with Crippen LogP contribution < -0.4 is 0 Å². The van der Waals surface area contributed by atoms with E-state index in [9.17, 15) is 5.11 Å². The van der Waals surface area contributed by atoms with Crippen LogP contribution in [0.2, 0.25) is 10.0 Å². The monoisotopic (exact) mass is 306 g/mol. The molecule has 1 aliphatic carbocycles. The van der Waals surface area contributed by atoms with E-state index in [4.69, 9.17) is 23.2 Å². The lowest BCUT2D eigenvalue weighted by atomic mass is 9.88. The van der Waals surface area contributed by atoms with Crippen molar-refractivity contribution in [2.45, 2.75) is 31.8 Å². The minimum Gasteiger partial charge on any atom is -0.385 e. The number of hydrogen-bond donors (Lipinski definition) is 1. The van der Waals surface area contributed by atoms with E-state index < -0.39 is 5.60 Å². The maximum absolute atomic E-state index is 11.0. The second-order valence-electron chi connectivity index (χ2n) is 5.58. The van der Waals surface area contributed by atoms with Crippen molar-refractivity contribution in [2.24, 2.45) is 0 Å². The Morgan fingerprint density at radius 3 is 2.80 bits per heavy atom. The third-order valence-corrected chi connectivity index (χ3v) is 4.95. The first-order valence-corrected chi connectivity index (χ1v) is 7.50. The molecule has 0 bridgehead atoms. The van der Waals surface area contributed by atoms with Gasteiger partial charge in [0.15, 0.2) is 0 Å². The summed E-state index contributed by atoms with van der Waals surface area (Å²) in [5.41, 5.74) is 3.50. The first-order chi connectivity index (χ1) is 9.49. The Bertz CT molecular complexity index is 666. The molecule has 1 nitrogen and oxygen atoms in total. The van der Waals surface area contributed by atoms with Gasteiger partial charge < -0.3 is 5.11 Å². The molecule has 0 aromatic heterocycles. The number of aryl methyl sites for hydroxylation is 2. The molecule has 1 unspecified atom stereocenters. The molecule has 0 aliphatic heterocycles. The molecule has 1 N–H and O–H groups in total. The van der Waals surface area contributed by atoms with Gasteiger partial charge in [0.25, 0.3) is 0 Å². The lowest BCUT2D eigenvalue weighted by molar-refractivity contribution is 0.0389. The Hall–Kier alpha value is -1.02. The zero-order valence-corrected chi connectivity index (χ0v) is 12.8. The molecule has 2 aromatic carbocycles. The number of fused-ring (bicyclic) bond motifs is 1. The molecule has 0 fully saturated rings. The SMILES string of the molecule is Cc1ccc2c(c1)C(O)(Cc1cccc(Cl)c1Cl)CC2. The number of aliphatic hydroxyl groups is 1. The fourth-order valence-corrected chi connectivity index (χ4v) is 3.39. The summed E-state index contributed by atoms with van der Waals surface area (Å²) in [6.45, 7) is 2.05. The van der Waals surface area contributed by atoms with Crippen LogP contribution in [0.4, 0.5) is 0 Å². The molecule has 0 saturated heterocycles. The van der Waals surface area contributed by atoms with Gasteiger partial charge in [0.2, 0.25) is 0 Å². The van der Waals surface area contributed by atoms with Gasteiger partial charge in [-0.1, -0.05) is 59.1 Å². The number of rotatable bonds is 2. The van der Waals surface area contributed by atoms with E-state index in [-0.39, 0.29) is 0 Å². The zero-order valence-electron chi connectivity index (χ0n) is 11.3. The quantitative estimate of drug-likeness (QED) is 0.854. The van der Waals surface area contributed by atoms with Crippen LogP contribution in [-0.4, -0.2) is 5.11 Å². The van der Waals surface area contributed by atoms with E-state index in [0.717, 1.165) is 24.0 Å². The van der Waals surface area contributed by atoms with Crippen molar-refractivity contribution < 1.29 is 5.11 Å². The van der Waals surface area contributed by atoms with Crippen LogP contribution in [-0.2, 0) is 18.4 Å². The average molecular weight is 307 g/mol. The lowest BCUT2D eigenvalue weighted by Crippen LogP contribution is -2.25. The average Bonchev–Trinajstić information content (AvgIpc) is 2.73. The van der Waals surface area contributed by atoms with E-state index in [0.29, 0.717) is 16.5 Å². The van der Waals surface area contributed by atoms with Crippen LogP contribution in [0.25, 0.3) is 0 Å². The Labute approximate surface area is 129 Å². The Morgan fingerprint density at radius 1 is 1.20 bits per heavy atom. The van der Waals surface area contributed by atoms with Crippen LogP contribution in [0.5, 0.6) is 0 Å². The molecule has 20 heavy (non-hydrogen) atoms. The highest BCUT2D eigenvalue weighted by atomic mass is 35.5. The van der Waals surface area contributed by atoms with Crippen LogP contribution in [0.15, 0.2) is 36.4 Å². The van der Waals surface area contributed by atoms with E-state index in [1.807, 2.05) is 19.1 Å². The van der Waals surface area contributed by atoms with Crippen LogP contribution in [0, 0.1) is 6.92 Å². The first kappa shape index (κ1) is 13.9. The molecule has 0 saturated carbocycles. The lowest BCUT2D eigenvalue weighted by Gasteiger charge is -2.25. The van der Waals surface area contributed by atoms with Crippen molar-refractivity contribution in [1.29, 1.82) is 0 Å². The molecule has 0 radical (unpaired) electrons. The number of benzene rings is 2. The molecule has 104 valence electrons. The molecule has 0 heterocycles. The maximum atomic E-state index is 11.0. The maximum Gasteiger partial charge on any atom is 0.0943 e. The highest BCUT2D eigenvalue weighted by Crippen LogP contribution is 2.41. The van der Waals surface area contributed by atoms with Crippen LogP contribution >= 0.6 is 23.2 Å². The zero-order chi connectivity index (χ0) is 14.3. The molecule has 3 rings (SSSR count). The molecule has 0 spiro atoms. The van der Waals surface area contributed by atoms with Crippen molar-refractivity contribution in [3.63, 3.8) is 0 Å². The molecule has 0 amide bonds. The first-order valence-electron chi connectivity index (χ1n) is 6.75. The summed E-state index contributed by atoms with van der Waals surface area (Å²) in [4.78, 5) is 0. The van der Waals surface area contributed by atoms with Gasteiger partial charge in [-0.25, -0.2) is 0 Å².